The smallest absolute Gasteiger partial charge is 0.234 e. The van der Waals surface area contributed by atoms with E-state index in [-0.39, 0.29) is 5.91 Å². The lowest BCUT2D eigenvalue weighted by atomic mass is 10.4. The summed E-state index contributed by atoms with van der Waals surface area (Å²) in [4.78, 5) is 13.8. The number of likely N-dealkylation sites (N-methyl/N-ethyl adjacent to an activating group) is 1. The molecule has 1 saturated carbocycles. The van der Waals surface area contributed by atoms with E-state index >= 15 is 0 Å². The van der Waals surface area contributed by atoms with Crippen LogP contribution >= 0.6 is 0 Å². The van der Waals surface area contributed by atoms with Crippen molar-refractivity contribution < 1.29 is 4.79 Å². The number of hydrogen-bond acceptors (Lipinski definition) is 3. The second kappa shape index (κ2) is 7.41. The molecule has 1 fully saturated rings. The molecule has 0 aliphatic heterocycles. The summed E-state index contributed by atoms with van der Waals surface area (Å²) < 4.78 is 0. The van der Waals surface area contributed by atoms with Gasteiger partial charge in [0, 0.05) is 25.7 Å². The maximum absolute atomic E-state index is 11.3. The molecule has 92 valence electrons. The van der Waals surface area contributed by atoms with E-state index in [4.69, 9.17) is 0 Å². The number of carbonyl (C=O) groups excluding carboxylic acids is 1. The molecule has 1 amide bonds. The number of hydrogen-bond donors (Lipinski definition) is 2. The van der Waals surface area contributed by atoms with Crippen LogP contribution in [0.15, 0.2) is 12.7 Å². The number of rotatable bonds is 9. The summed E-state index contributed by atoms with van der Waals surface area (Å²) in [6.45, 7) is 9.60. The number of nitrogens with zero attached hydrogens (tertiary/aromatic N) is 1. The topological polar surface area (TPSA) is 44.4 Å². The molecule has 0 radical (unpaired) electrons. The predicted molar refractivity (Wildman–Crippen MR) is 66.3 cm³/mol. The first kappa shape index (κ1) is 13.2. The Bertz CT molecular complexity index is 226. The van der Waals surface area contributed by atoms with E-state index in [9.17, 15) is 4.79 Å². The highest BCUT2D eigenvalue weighted by Gasteiger charge is 2.27. The maximum Gasteiger partial charge on any atom is 0.234 e. The van der Waals surface area contributed by atoms with Crippen LogP contribution in [0.2, 0.25) is 0 Å². The lowest BCUT2D eigenvalue weighted by Crippen LogP contribution is -2.39. The molecule has 0 atom stereocenters. The van der Waals surface area contributed by atoms with Gasteiger partial charge in [-0.25, -0.2) is 0 Å². The number of amides is 1. The van der Waals surface area contributed by atoms with Crippen LogP contribution < -0.4 is 10.6 Å². The third kappa shape index (κ3) is 5.28. The van der Waals surface area contributed by atoms with Crippen LogP contribution in [0.3, 0.4) is 0 Å². The molecule has 0 aromatic carbocycles. The Morgan fingerprint density at radius 1 is 1.56 bits per heavy atom. The molecule has 1 aliphatic carbocycles. The summed E-state index contributed by atoms with van der Waals surface area (Å²) in [5, 5.41) is 5.89. The number of nitrogens with one attached hydrogen (secondary N) is 2. The van der Waals surface area contributed by atoms with E-state index in [1.54, 1.807) is 6.08 Å². The van der Waals surface area contributed by atoms with Crippen LogP contribution in [-0.4, -0.2) is 49.6 Å². The van der Waals surface area contributed by atoms with Gasteiger partial charge in [0.2, 0.25) is 5.91 Å². The monoisotopic (exact) mass is 225 g/mol. The Labute approximate surface area is 98.1 Å². The SMILES string of the molecule is C=CCNCC(=O)NCCN(CC)C1CC1. The molecule has 0 heterocycles. The standard InChI is InChI=1S/C12H23N3O/c1-3-7-13-10-12(16)14-8-9-15(4-2)11-5-6-11/h3,11,13H,1,4-10H2,2H3,(H,14,16). The Kier molecular flexibility index (Phi) is 6.11. The lowest BCUT2D eigenvalue weighted by Gasteiger charge is -2.19. The minimum Gasteiger partial charge on any atom is -0.354 e. The van der Waals surface area contributed by atoms with E-state index in [0.717, 1.165) is 25.7 Å². The Morgan fingerprint density at radius 2 is 2.31 bits per heavy atom. The highest BCUT2D eigenvalue weighted by Crippen LogP contribution is 2.25. The van der Waals surface area contributed by atoms with Crippen molar-refractivity contribution in [2.45, 2.75) is 25.8 Å². The molecular weight excluding hydrogens is 202 g/mol. The third-order valence-electron chi connectivity index (χ3n) is 2.76. The molecule has 4 nitrogen and oxygen atoms in total. The molecule has 0 spiro atoms. The van der Waals surface area contributed by atoms with Gasteiger partial charge in [-0.2, -0.15) is 0 Å². The fraction of sp³-hybridized carbons (Fsp3) is 0.750. The van der Waals surface area contributed by atoms with Crippen molar-refractivity contribution in [1.29, 1.82) is 0 Å². The van der Waals surface area contributed by atoms with E-state index in [1.165, 1.54) is 12.8 Å². The first-order valence-electron chi connectivity index (χ1n) is 6.10. The summed E-state index contributed by atoms with van der Waals surface area (Å²) in [6.07, 6.45) is 4.39. The highest BCUT2D eigenvalue weighted by molar-refractivity contribution is 5.77. The van der Waals surface area contributed by atoms with Crippen molar-refractivity contribution >= 4 is 5.91 Å². The van der Waals surface area contributed by atoms with Gasteiger partial charge < -0.3 is 10.6 Å². The molecule has 1 rings (SSSR count). The van der Waals surface area contributed by atoms with Gasteiger partial charge in [0.05, 0.1) is 6.54 Å². The molecule has 16 heavy (non-hydrogen) atoms. The van der Waals surface area contributed by atoms with E-state index in [0.29, 0.717) is 13.1 Å². The van der Waals surface area contributed by atoms with Gasteiger partial charge in [0.15, 0.2) is 0 Å². The van der Waals surface area contributed by atoms with Gasteiger partial charge in [0.1, 0.15) is 0 Å². The van der Waals surface area contributed by atoms with Gasteiger partial charge in [0.25, 0.3) is 0 Å². The molecule has 0 aromatic heterocycles. The molecule has 0 bridgehead atoms. The third-order valence-corrected chi connectivity index (χ3v) is 2.76. The minimum absolute atomic E-state index is 0.0636. The second-order valence-electron chi connectivity index (χ2n) is 4.13. The molecule has 0 saturated heterocycles. The van der Waals surface area contributed by atoms with Crippen molar-refractivity contribution in [1.82, 2.24) is 15.5 Å². The van der Waals surface area contributed by atoms with Crippen molar-refractivity contribution in [2.24, 2.45) is 0 Å². The van der Waals surface area contributed by atoms with Gasteiger partial charge in [-0.05, 0) is 19.4 Å². The lowest BCUT2D eigenvalue weighted by molar-refractivity contribution is -0.120. The zero-order chi connectivity index (χ0) is 11.8. The molecule has 0 unspecified atom stereocenters. The predicted octanol–water partition coefficient (Wildman–Crippen LogP) is 0.363. The van der Waals surface area contributed by atoms with Crippen molar-refractivity contribution in [3.8, 4) is 0 Å². The fourth-order valence-corrected chi connectivity index (χ4v) is 1.73. The van der Waals surface area contributed by atoms with Crippen LogP contribution in [0.25, 0.3) is 0 Å². The van der Waals surface area contributed by atoms with Gasteiger partial charge in [-0.15, -0.1) is 6.58 Å². The minimum atomic E-state index is 0.0636. The molecule has 4 heteroatoms. The van der Waals surface area contributed by atoms with E-state index in [2.05, 4.69) is 29.0 Å². The quantitative estimate of drug-likeness (QED) is 0.440. The first-order valence-corrected chi connectivity index (χ1v) is 6.10. The summed E-state index contributed by atoms with van der Waals surface area (Å²) in [6, 6.07) is 0.779. The average molecular weight is 225 g/mol. The van der Waals surface area contributed by atoms with Crippen molar-refractivity contribution in [2.75, 3.05) is 32.7 Å². The largest absolute Gasteiger partial charge is 0.354 e. The summed E-state index contributed by atoms with van der Waals surface area (Å²) in [5.74, 6) is 0.0636. The zero-order valence-corrected chi connectivity index (χ0v) is 10.2. The van der Waals surface area contributed by atoms with Crippen LogP contribution in [0.1, 0.15) is 19.8 Å². The average Bonchev–Trinajstić information content (AvgIpc) is 3.09. The second-order valence-corrected chi connectivity index (χ2v) is 4.13. The summed E-state index contributed by atoms with van der Waals surface area (Å²) >= 11 is 0. The Morgan fingerprint density at radius 3 is 2.88 bits per heavy atom. The van der Waals surface area contributed by atoms with Gasteiger partial charge in [-0.3, -0.25) is 9.69 Å². The van der Waals surface area contributed by atoms with Crippen LogP contribution in [0.4, 0.5) is 0 Å². The molecular formula is C12H23N3O. The first-order chi connectivity index (χ1) is 7.77. The maximum atomic E-state index is 11.3. The van der Waals surface area contributed by atoms with Gasteiger partial charge in [-0.1, -0.05) is 13.0 Å². The van der Waals surface area contributed by atoms with Crippen LogP contribution in [0.5, 0.6) is 0 Å². The van der Waals surface area contributed by atoms with Crippen LogP contribution in [0, 0.1) is 0 Å². The van der Waals surface area contributed by atoms with Crippen molar-refractivity contribution in [3.05, 3.63) is 12.7 Å². The summed E-state index contributed by atoms with van der Waals surface area (Å²) in [7, 11) is 0. The Hall–Kier alpha value is -0.870. The van der Waals surface area contributed by atoms with E-state index < -0.39 is 0 Å². The van der Waals surface area contributed by atoms with Crippen molar-refractivity contribution in [3.63, 3.8) is 0 Å². The fourth-order valence-electron chi connectivity index (χ4n) is 1.73. The van der Waals surface area contributed by atoms with Gasteiger partial charge >= 0.3 is 0 Å². The molecule has 1 aliphatic rings. The number of carbonyl (C=O) groups is 1. The molecule has 2 N–H and O–H groups in total. The Balaban J connectivity index is 2.00. The van der Waals surface area contributed by atoms with Crippen LogP contribution in [-0.2, 0) is 4.79 Å². The normalized spacial score (nSPS) is 15.1. The zero-order valence-electron chi connectivity index (χ0n) is 10.2. The molecule has 0 aromatic rings. The summed E-state index contributed by atoms with van der Waals surface area (Å²) in [5.41, 5.74) is 0. The highest BCUT2D eigenvalue weighted by atomic mass is 16.1. The van der Waals surface area contributed by atoms with E-state index in [1.807, 2.05) is 0 Å².